The van der Waals surface area contributed by atoms with Crippen molar-refractivity contribution in [3.05, 3.63) is 33.6 Å². The summed E-state index contributed by atoms with van der Waals surface area (Å²) in [7, 11) is 0. The van der Waals surface area contributed by atoms with E-state index in [1.54, 1.807) is 0 Å². The van der Waals surface area contributed by atoms with Gasteiger partial charge in [0, 0.05) is 10.6 Å². The standard InChI is InChI=1S/C9H7Cl2FO3/c1-9(15,8(13)14)4-2-7(12)6(11)3-5(4)10/h2-3,15H,1H3,(H,13,14). The number of hydrogen-bond acceptors (Lipinski definition) is 2. The molecule has 0 radical (unpaired) electrons. The lowest BCUT2D eigenvalue weighted by Gasteiger charge is -2.19. The van der Waals surface area contributed by atoms with Gasteiger partial charge in [0.15, 0.2) is 5.60 Å². The van der Waals surface area contributed by atoms with Crippen molar-refractivity contribution in [1.82, 2.24) is 0 Å². The monoisotopic (exact) mass is 252 g/mol. The second-order valence-corrected chi connectivity index (χ2v) is 3.94. The van der Waals surface area contributed by atoms with Gasteiger partial charge in [0.2, 0.25) is 0 Å². The fourth-order valence-electron chi connectivity index (χ4n) is 1.01. The fourth-order valence-corrected chi connectivity index (χ4v) is 1.58. The highest BCUT2D eigenvalue weighted by Crippen LogP contribution is 2.32. The van der Waals surface area contributed by atoms with E-state index in [9.17, 15) is 14.3 Å². The van der Waals surface area contributed by atoms with Crippen molar-refractivity contribution in [3.8, 4) is 0 Å². The number of aliphatic carboxylic acids is 1. The van der Waals surface area contributed by atoms with Crippen LogP contribution in [0.2, 0.25) is 10.0 Å². The van der Waals surface area contributed by atoms with Gasteiger partial charge in [-0.3, -0.25) is 0 Å². The van der Waals surface area contributed by atoms with E-state index in [1.165, 1.54) is 0 Å². The third-order valence-corrected chi connectivity index (χ3v) is 2.55. The molecular formula is C9H7Cl2FO3. The lowest BCUT2D eigenvalue weighted by atomic mass is 9.96. The zero-order valence-corrected chi connectivity index (χ0v) is 9.10. The molecule has 0 saturated carbocycles. The van der Waals surface area contributed by atoms with E-state index in [0.29, 0.717) is 0 Å². The summed E-state index contributed by atoms with van der Waals surface area (Å²) >= 11 is 11.1. The van der Waals surface area contributed by atoms with Crippen LogP contribution in [0.5, 0.6) is 0 Å². The summed E-state index contributed by atoms with van der Waals surface area (Å²) in [4.78, 5) is 10.7. The molecule has 2 N–H and O–H groups in total. The van der Waals surface area contributed by atoms with Gasteiger partial charge in [0.1, 0.15) is 5.82 Å². The van der Waals surface area contributed by atoms with Crippen LogP contribution in [0.25, 0.3) is 0 Å². The Labute approximate surface area is 95.0 Å². The molecule has 1 unspecified atom stereocenters. The molecule has 1 rings (SSSR count). The summed E-state index contributed by atoms with van der Waals surface area (Å²) in [6, 6.07) is 1.85. The first kappa shape index (κ1) is 12.2. The highest BCUT2D eigenvalue weighted by atomic mass is 35.5. The molecule has 0 heterocycles. The first-order valence-electron chi connectivity index (χ1n) is 3.87. The van der Waals surface area contributed by atoms with Crippen LogP contribution >= 0.6 is 23.2 Å². The van der Waals surface area contributed by atoms with Crippen LogP contribution in [0.3, 0.4) is 0 Å². The van der Waals surface area contributed by atoms with Gasteiger partial charge in [-0.25, -0.2) is 9.18 Å². The number of aliphatic hydroxyl groups is 1. The minimum atomic E-state index is -2.25. The van der Waals surface area contributed by atoms with E-state index >= 15 is 0 Å². The summed E-state index contributed by atoms with van der Waals surface area (Å²) in [6.45, 7) is 1.00. The molecule has 15 heavy (non-hydrogen) atoms. The molecule has 82 valence electrons. The van der Waals surface area contributed by atoms with Crippen molar-refractivity contribution in [3.63, 3.8) is 0 Å². The molecule has 1 aromatic rings. The maximum absolute atomic E-state index is 13.1. The summed E-state index contributed by atoms with van der Waals surface area (Å²) in [5.74, 6) is -2.36. The molecular weight excluding hydrogens is 246 g/mol. The number of carboxylic acid groups (broad SMARTS) is 1. The van der Waals surface area contributed by atoms with Crippen molar-refractivity contribution < 1.29 is 19.4 Å². The zero-order chi connectivity index (χ0) is 11.8. The second-order valence-electron chi connectivity index (χ2n) is 3.12. The van der Waals surface area contributed by atoms with Gasteiger partial charge in [0.25, 0.3) is 0 Å². The Morgan fingerprint density at radius 1 is 1.40 bits per heavy atom. The Kier molecular flexibility index (Phi) is 3.23. The largest absolute Gasteiger partial charge is 0.479 e. The predicted molar refractivity (Wildman–Crippen MR) is 53.6 cm³/mol. The average molecular weight is 253 g/mol. The summed E-state index contributed by atoms with van der Waals surface area (Å²) in [6.07, 6.45) is 0. The topological polar surface area (TPSA) is 57.5 Å². The Morgan fingerprint density at radius 3 is 2.40 bits per heavy atom. The van der Waals surface area contributed by atoms with Gasteiger partial charge in [0.05, 0.1) is 5.02 Å². The van der Waals surface area contributed by atoms with Gasteiger partial charge in [-0.05, 0) is 19.1 Å². The van der Waals surface area contributed by atoms with Gasteiger partial charge in [-0.15, -0.1) is 0 Å². The van der Waals surface area contributed by atoms with E-state index in [2.05, 4.69) is 0 Å². The number of rotatable bonds is 2. The molecule has 0 bridgehead atoms. The predicted octanol–water partition coefficient (Wildman–Crippen LogP) is 2.42. The van der Waals surface area contributed by atoms with Crippen LogP contribution < -0.4 is 0 Å². The maximum Gasteiger partial charge on any atom is 0.340 e. The van der Waals surface area contributed by atoms with Crippen molar-refractivity contribution in [2.24, 2.45) is 0 Å². The molecule has 0 aliphatic heterocycles. The Balaban J connectivity index is 3.38. The number of hydrogen-bond donors (Lipinski definition) is 2. The second kappa shape index (κ2) is 3.96. The number of carboxylic acids is 1. The third-order valence-electron chi connectivity index (χ3n) is 1.95. The van der Waals surface area contributed by atoms with Crippen LogP contribution in [0, 0.1) is 5.82 Å². The summed E-state index contributed by atoms with van der Waals surface area (Å²) < 4.78 is 13.1. The van der Waals surface area contributed by atoms with Crippen LogP contribution in [0.1, 0.15) is 12.5 Å². The third kappa shape index (κ3) is 2.22. The zero-order valence-electron chi connectivity index (χ0n) is 7.59. The van der Waals surface area contributed by atoms with Crippen LogP contribution in [-0.4, -0.2) is 16.2 Å². The van der Waals surface area contributed by atoms with Crippen molar-refractivity contribution in [1.29, 1.82) is 0 Å². The van der Waals surface area contributed by atoms with E-state index in [-0.39, 0.29) is 15.6 Å². The Bertz CT molecular complexity index is 418. The fraction of sp³-hybridized carbons (Fsp3) is 0.222. The molecule has 0 aliphatic rings. The van der Waals surface area contributed by atoms with Crippen molar-refractivity contribution >= 4 is 29.2 Å². The molecule has 0 saturated heterocycles. The minimum Gasteiger partial charge on any atom is -0.479 e. The van der Waals surface area contributed by atoms with Gasteiger partial charge in [-0.2, -0.15) is 0 Å². The summed E-state index contributed by atoms with van der Waals surface area (Å²) in [5.41, 5.74) is -2.48. The smallest absolute Gasteiger partial charge is 0.340 e. The Morgan fingerprint density at radius 2 is 1.93 bits per heavy atom. The first-order valence-corrected chi connectivity index (χ1v) is 4.63. The van der Waals surface area contributed by atoms with Crippen LogP contribution in [-0.2, 0) is 10.4 Å². The van der Waals surface area contributed by atoms with Gasteiger partial charge < -0.3 is 10.2 Å². The van der Waals surface area contributed by atoms with Crippen molar-refractivity contribution in [2.45, 2.75) is 12.5 Å². The lowest BCUT2D eigenvalue weighted by Crippen LogP contribution is -2.32. The quantitative estimate of drug-likeness (QED) is 0.796. The SMILES string of the molecule is CC(O)(C(=O)O)c1cc(F)c(Cl)cc1Cl. The highest BCUT2D eigenvalue weighted by Gasteiger charge is 2.35. The molecule has 0 spiro atoms. The lowest BCUT2D eigenvalue weighted by molar-refractivity contribution is -0.157. The molecule has 0 aromatic heterocycles. The molecule has 6 heteroatoms. The van der Waals surface area contributed by atoms with Crippen LogP contribution in [0.4, 0.5) is 4.39 Å². The van der Waals surface area contributed by atoms with E-state index in [1.807, 2.05) is 0 Å². The van der Waals surface area contributed by atoms with E-state index in [4.69, 9.17) is 28.3 Å². The minimum absolute atomic E-state index is 0.103. The van der Waals surface area contributed by atoms with Crippen molar-refractivity contribution in [2.75, 3.05) is 0 Å². The van der Waals surface area contributed by atoms with Gasteiger partial charge >= 0.3 is 5.97 Å². The van der Waals surface area contributed by atoms with Gasteiger partial charge in [-0.1, -0.05) is 23.2 Å². The highest BCUT2D eigenvalue weighted by molar-refractivity contribution is 6.35. The normalized spacial score (nSPS) is 14.7. The van der Waals surface area contributed by atoms with E-state index in [0.717, 1.165) is 19.1 Å². The average Bonchev–Trinajstić information content (AvgIpc) is 2.10. The summed E-state index contributed by atoms with van der Waals surface area (Å²) in [5, 5.41) is 17.9. The number of carbonyl (C=O) groups is 1. The number of benzene rings is 1. The molecule has 1 atom stereocenters. The number of halogens is 3. The Hall–Kier alpha value is -0.840. The molecule has 3 nitrogen and oxygen atoms in total. The van der Waals surface area contributed by atoms with E-state index < -0.39 is 17.4 Å². The molecule has 0 fully saturated rings. The molecule has 1 aromatic carbocycles. The molecule has 0 aliphatic carbocycles. The first-order chi connectivity index (χ1) is 6.76. The van der Waals surface area contributed by atoms with Crippen LogP contribution in [0.15, 0.2) is 12.1 Å². The molecule has 0 amide bonds. The maximum atomic E-state index is 13.1.